The molecule has 1 saturated carbocycles. The van der Waals surface area contributed by atoms with Crippen LogP contribution in [-0.2, 0) is 9.84 Å². The summed E-state index contributed by atoms with van der Waals surface area (Å²) in [5.41, 5.74) is 0.173. The highest BCUT2D eigenvalue weighted by Crippen LogP contribution is 2.34. The Labute approximate surface area is 124 Å². The molecule has 1 aromatic carbocycles. The quantitative estimate of drug-likeness (QED) is 0.617. The summed E-state index contributed by atoms with van der Waals surface area (Å²) >= 11 is 0. The number of nitrogens with zero attached hydrogens (tertiary/aromatic N) is 1. The minimum atomic E-state index is -3.45. The van der Waals surface area contributed by atoms with Crippen molar-refractivity contribution in [3.05, 3.63) is 28.3 Å². The van der Waals surface area contributed by atoms with Crippen LogP contribution in [0, 0.1) is 16.0 Å². The van der Waals surface area contributed by atoms with E-state index in [2.05, 4.69) is 5.32 Å². The van der Waals surface area contributed by atoms with E-state index in [9.17, 15) is 18.5 Å². The third-order valence-electron chi connectivity index (χ3n) is 3.70. The Balaban J connectivity index is 2.15. The van der Waals surface area contributed by atoms with Gasteiger partial charge < -0.3 is 5.32 Å². The average molecular weight is 312 g/mol. The molecule has 116 valence electrons. The van der Waals surface area contributed by atoms with Gasteiger partial charge in [-0.1, -0.05) is 12.8 Å². The van der Waals surface area contributed by atoms with Gasteiger partial charge >= 0.3 is 0 Å². The van der Waals surface area contributed by atoms with Crippen molar-refractivity contribution in [1.82, 2.24) is 0 Å². The fourth-order valence-corrected chi connectivity index (χ4v) is 2.89. The minimum Gasteiger partial charge on any atom is -0.377 e. The van der Waals surface area contributed by atoms with Gasteiger partial charge in [0.1, 0.15) is 5.69 Å². The molecule has 0 radical (unpaired) electrons. The lowest BCUT2D eigenvalue weighted by molar-refractivity contribution is -0.384. The Morgan fingerprint density at radius 2 is 2.10 bits per heavy atom. The zero-order valence-corrected chi connectivity index (χ0v) is 13.0. The first-order valence-electron chi connectivity index (χ1n) is 7.02. The van der Waals surface area contributed by atoms with Crippen molar-refractivity contribution in [2.75, 3.05) is 11.6 Å². The molecule has 1 atom stereocenters. The van der Waals surface area contributed by atoms with Crippen LogP contribution in [0.25, 0.3) is 0 Å². The molecule has 0 aliphatic heterocycles. The zero-order chi connectivity index (χ0) is 15.6. The van der Waals surface area contributed by atoms with E-state index in [0.717, 1.165) is 31.1 Å². The summed E-state index contributed by atoms with van der Waals surface area (Å²) < 4.78 is 23.0. The van der Waals surface area contributed by atoms with Crippen molar-refractivity contribution in [3.8, 4) is 0 Å². The lowest BCUT2D eigenvalue weighted by atomic mass is 10.1. The number of rotatable bonds is 7. The van der Waals surface area contributed by atoms with Gasteiger partial charge in [-0.25, -0.2) is 8.42 Å². The number of hydrogen-bond donors (Lipinski definition) is 1. The molecule has 1 aliphatic carbocycles. The lowest BCUT2D eigenvalue weighted by Crippen LogP contribution is -2.16. The van der Waals surface area contributed by atoms with Crippen LogP contribution in [0.5, 0.6) is 0 Å². The first kappa shape index (κ1) is 15.8. The molecular weight excluding hydrogens is 292 g/mol. The molecule has 0 saturated heterocycles. The van der Waals surface area contributed by atoms with Crippen molar-refractivity contribution in [1.29, 1.82) is 0 Å². The summed E-state index contributed by atoms with van der Waals surface area (Å²) in [5, 5.41) is 14.2. The van der Waals surface area contributed by atoms with E-state index < -0.39 is 14.8 Å². The predicted octanol–water partition coefficient (Wildman–Crippen LogP) is 2.99. The van der Waals surface area contributed by atoms with Crippen LogP contribution in [-0.4, -0.2) is 25.6 Å². The molecular formula is C14H20N2O4S. The second-order valence-electron chi connectivity index (χ2n) is 5.77. The summed E-state index contributed by atoms with van der Waals surface area (Å²) in [6.45, 7) is 1.98. The molecule has 1 N–H and O–H groups in total. The van der Waals surface area contributed by atoms with Crippen LogP contribution in [0.1, 0.15) is 32.6 Å². The van der Waals surface area contributed by atoms with Crippen LogP contribution in [0.2, 0.25) is 0 Å². The molecule has 1 aliphatic rings. The molecule has 1 unspecified atom stereocenters. The maximum Gasteiger partial charge on any atom is 0.293 e. The summed E-state index contributed by atoms with van der Waals surface area (Å²) in [6.07, 6.45) is 5.70. The predicted molar refractivity (Wildman–Crippen MR) is 81.2 cm³/mol. The maximum absolute atomic E-state index is 11.5. The number of nitrogens with one attached hydrogen (secondary N) is 1. The smallest absolute Gasteiger partial charge is 0.293 e. The molecule has 21 heavy (non-hydrogen) atoms. The van der Waals surface area contributed by atoms with Gasteiger partial charge in [-0.05, 0) is 37.8 Å². The van der Waals surface area contributed by atoms with Gasteiger partial charge in [-0.2, -0.15) is 0 Å². The van der Waals surface area contributed by atoms with Gasteiger partial charge in [-0.3, -0.25) is 10.1 Å². The standard InChI is InChI=1S/C14H20N2O4S/c1-10(3-4-11-5-6-11)15-13-8-7-12(21(2,19)20)9-14(13)16(17)18/h7-11,15H,3-6H2,1-2H3. The highest BCUT2D eigenvalue weighted by atomic mass is 32.2. The third-order valence-corrected chi connectivity index (χ3v) is 4.81. The van der Waals surface area contributed by atoms with Crippen molar-refractivity contribution in [2.24, 2.45) is 5.92 Å². The highest BCUT2D eigenvalue weighted by molar-refractivity contribution is 7.90. The van der Waals surface area contributed by atoms with Crippen molar-refractivity contribution < 1.29 is 13.3 Å². The van der Waals surface area contributed by atoms with Gasteiger partial charge in [0.05, 0.1) is 9.82 Å². The van der Waals surface area contributed by atoms with E-state index in [-0.39, 0.29) is 16.6 Å². The minimum absolute atomic E-state index is 0.0367. The first-order chi connectivity index (χ1) is 9.77. The number of anilines is 1. The van der Waals surface area contributed by atoms with Crippen LogP contribution >= 0.6 is 0 Å². The summed E-state index contributed by atoms with van der Waals surface area (Å²) in [4.78, 5) is 10.5. The number of hydrogen-bond acceptors (Lipinski definition) is 5. The summed E-state index contributed by atoms with van der Waals surface area (Å²) in [6, 6.07) is 4.11. The number of sulfone groups is 1. The Bertz CT molecular complexity index is 638. The lowest BCUT2D eigenvalue weighted by Gasteiger charge is -2.15. The molecule has 0 amide bonds. The maximum atomic E-state index is 11.5. The van der Waals surface area contributed by atoms with Gasteiger partial charge in [0, 0.05) is 18.4 Å². The average Bonchev–Trinajstić information content (AvgIpc) is 3.19. The number of benzene rings is 1. The number of nitro benzene ring substituents is 1. The molecule has 0 heterocycles. The van der Waals surface area contributed by atoms with E-state index in [1.807, 2.05) is 6.92 Å². The summed E-state index contributed by atoms with van der Waals surface area (Å²) in [5.74, 6) is 0.817. The van der Waals surface area contributed by atoms with Crippen molar-refractivity contribution in [2.45, 2.75) is 43.5 Å². The Morgan fingerprint density at radius 3 is 2.62 bits per heavy atom. The second-order valence-corrected chi connectivity index (χ2v) is 7.79. The highest BCUT2D eigenvalue weighted by Gasteiger charge is 2.23. The number of nitro groups is 1. The van der Waals surface area contributed by atoms with Gasteiger partial charge in [0.2, 0.25) is 0 Å². The molecule has 6 nitrogen and oxygen atoms in total. The topological polar surface area (TPSA) is 89.3 Å². The van der Waals surface area contributed by atoms with Crippen LogP contribution < -0.4 is 5.32 Å². The van der Waals surface area contributed by atoms with Crippen molar-refractivity contribution >= 4 is 21.2 Å². The van der Waals surface area contributed by atoms with Crippen LogP contribution in [0.15, 0.2) is 23.1 Å². The van der Waals surface area contributed by atoms with E-state index in [0.29, 0.717) is 5.69 Å². The van der Waals surface area contributed by atoms with E-state index in [1.54, 1.807) is 0 Å². The molecule has 2 rings (SSSR count). The van der Waals surface area contributed by atoms with Gasteiger partial charge in [0.15, 0.2) is 9.84 Å². The fraction of sp³-hybridized carbons (Fsp3) is 0.571. The van der Waals surface area contributed by atoms with E-state index in [4.69, 9.17) is 0 Å². The van der Waals surface area contributed by atoms with E-state index in [1.165, 1.54) is 25.0 Å². The Kier molecular flexibility index (Phi) is 4.51. The normalized spacial score (nSPS) is 16.5. The first-order valence-corrected chi connectivity index (χ1v) is 8.91. The Morgan fingerprint density at radius 1 is 1.43 bits per heavy atom. The molecule has 0 bridgehead atoms. The summed E-state index contributed by atoms with van der Waals surface area (Å²) in [7, 11) is -3.45. The van der Waals surface area contributed by atoms with Crippen LogP contribution in [0.3, 0.4) is 0 Å². The monoisotopic (exact) mass is 312 g/mol. The second kappa shape index (κ2) is 6.01. The molecule has 0 spiro atoms. The van der Waals surface area contributed by atoms with Crippen LogP contribution in [0.4, 0.5) is 11.4 Å². The Hall–Kier alpha value is -1.63. The SMILES string of the molecule is CC(CCC1CC1)Nc1ccc(S(C)(=O)=O)cc1[N+](=O)[O-]. The van der Waals surface area contributed by atoms with E-state index >= 15 is 0 Å². The molecule has 1 fully saturated rings. The third kappa shape index (κ3) is 4.42. The molecule has 0 aromatic heterocycles. The molecule has 1 aromatic rings. The zero-order valence-electron chi connectivity index (χ0n) is 12.2. The van der Waals surface area contributed by atoms with Gasteiger partial charge in [-0.15, -0.1) is 0 Å². The fourth-order valence-electron chi connectivity index (χ4n) is 2.25. The molecule has 7 heteroatoms. The van der Waals surface area contributed by atoms with Crippen molar-refractivity contribution in [3.63, 3.8) is 0 Å². The van der Waals surface area contributed by atoms with Gasteiger partial charge in [0.25, 0.3) is 5.69 Å². The largest absolute Gasteiger partial charge is 0.377 e.